The summed E-state index contributed by atoms with van der Waals surface area (Å²) < 4.78 is 6.94. The second-order valence-corrected chi connectivity index (χ2v) is 3.12. The first-order chi connectivity index (χ1) is 7.77. The molecular weight excluding hydrogens is 208 g/mol. The van der Waals surface area contributed by atoms with Crippen LogP contribution in [0.5, 0.6) is 5.75 Å². The largest absolute Gasteiger partial charge is 0.480 e. The highest BCUT2D eigenvalue weighted by Crippen LogP contribution is 2.21. The van der Waals surface area contributed by atoms with Gasteiger partial charge in [0.2, 0.25) is 0 Å². The summed E-state index contributed by atoms with van der Waals surface area (Å²) in [4.78, 5) is 14.4. The van der Waals surface area contributed by atoms with E-state index in [0.29, 0.717) is 5.75 Å². The number of nitrogens with zero attached hydrogens (tertiary/aromatic N) is 2. The first-order valence-electron chi connectivity index (χ1n) is 4.69. The van der Waals surface area contributed by atoms with Gasteiger partial charge in [0.25, 0.3) is 0 Å². The summed E-state index contributed by atoms with van der Waals surface area (Å²) in [5, 5.41) is 8.55. The molecule has 0 fully saturated rings. The molecule has 0 saturated carbocycles. The fraction of sp³-hybridized carbons (Fsp3) is 0.0909. The minimum Gasteiger partial charge on any atom is -0.480 e. The summed E-state index contributed by atoms with van der Waals surface area (Å²) in [6.45, 7) is -0.355. The van der Waals surface area contributed by atoms with Gasteiger partial charge in [0.05, 0.1) is 12.0 Å². The Labute approximate surface area is 91.9 Å². The molecule has 0 amide bonds. The van der Waals surface area contributed by atoms with Crippen LogP contribution in [0.1, 0.15) is 0 Å². The number of aliphatic carboxylic acids is 1. The molecule has 0 aliphatic rings. The molecule has 1 aromatic heterocycles. The summed E-state index contributed by atoms with van der Waals surface area (Å²) in [7, 11) is 0. The maximum Gasteiger partial charge on any atom is 0.341 e. The van der Waals surface area contributed by atoms with Gasteiger partial charge in [0.1, 0.15) is 5.75 Å². The zero-order chi connectivity index (χ0) is 11.4. The lowest BCUT2D eigenvalue weighted by Gasteiger charge is -2.09. The van der Waals surface area contributed by atoms with E-state index in [1.54, 1.807) is 35.4 Å². The van der Waals surface area contributed by atoms with E-state index in [-0.39, 0.29) is 6.61 Å². The number of imidazole rings is 1. The van der Waals surface area contributed by atoms with Crippen LogP contribution < -0.4 is 4.74 Å². The van der Waals surface area contributed by atoms with Crippen LogP contribution >= 0.6 is 0 Å². The van der Waals surface area contributed by atoms with Crippen molar-refractivity contribution in [2.75, 3.05) is 6.61 Å². The number of carboxylic acids is 1. The van der Waals surface area contributed by atoms with E-state index in [9.17, 15) is 4.79 Å². The summed E-state index contributed by atoms with van der Waals surface area (Å²) >= 11 is 0. The molecule has 1 aromatic carbocycles. The molecule has 2 rings (SSSR count). The second kappa shape index (κ2) is 4.48. The molecule has 0 aliphatic heterocycles. The quantitative estimate of drug-likeness (QED) is 0.840. The van der Waals surface area contributed by atoms with Crippen LogP contribution in [0.3, 0.4) is 0 Å². The fourth-order valence-corrected chi connectivity index (χ4v) is 1.33. The van der Waals surface area contributed by atoms with Gasteiger partial charge in [0, 0.05) is 12.4 Å². The van der Waals surface area contributed by atoms with Crippen molar-refractivity contribution in [3.63, 3.8) is 0 Å². The first kappa shape index (κ1) is 10.2. The van der Waals surface area contributed by atoms with Crippen molar-refractivity contribution in [2.24, 2.45) is 0 Å². The number of carboxylic acid groups (broad SMARTS) is 1. The van der Waals surface area contributed by atoms with Gasteiger partial charge in [-0.2, -0.15) is 0 Å². The molecule has 16 heavy (non-hydrogen) atoms. The maximum atomic E-state index is 10.4. The molecular formula is C11H10N2O3. The molecule has 0 unspecified atom stereocenters. The van der Waals surface area contributed by atoms with Crippen LogP contribution in [0, 0.1) is 0 Å². The number of para-hydroxylation sites is 2. The number of aromatic nitrogens is 2. The molecule has 0 bridgehead atoms. The Hall–Kier alpha value is -2.30. The van der Waals surface area contributed by atoms with Gasteiger partial charge in [-0.15, -0.1) is 0 Å². The highest BCUT2D eigenvalue weighted by molar-refractivity contribution is 5.68. The molecule has 0 atom stereocenters. The van der Waals surface area contributed by atoms with Crippen molar-refractivity contribution < 1.29 is 14.6 Å². The normalized spacial score (nSPS) is 10.0. The summed E-state index contributed by atoms with van der Waals surface area (Å²) in [5.74, 6) is -0.483. The van der Waals surface area contributed by atoms with Gasteiger partial charge in [0.15, 0.2) is 6.61 Å². The molecule has 1 N–H and O–H groups in total. The highest BCUT2D eigenvalue weighted by Gasteiger charge is 2.06. The predicted octanol–water partition coefficient (Wildman–Crippen LogP) is 1.34. The van der Waals surface area contributed by atoms with E-state index in [2.05, 4.69) is 4.98 Å². The molecule has 82 valence electrons. The Morgan fingerprint density at radius 1 is 1.44 bits per heavy atom. The Morgan fingerprint density at radius 3 is 2.94 bits per heavy atom. The van der Waals surface area contributed by atoms with Crippen LogP contribution in [0.2, 0.25) is 0 Å². The minimum atomic E-state index is -1.000. The fourth-order valence-electron chi connectivity index (χ4n) is 1.33. The summed E-state index contributed by atoms with van der Waals surface area (Å²) in [6.07, 6.45) is 5.04. The number of ether oxygens (including phenoxy) is 1. The second-order valence-electron chi connectivity index (χ2n) is 3.12. The minimum absolute atomic E-state index is 0.355. The number of benzene rings is 1. The van der Waals surface area contributed by atoms with Crippen LogP contribution in [0.15, 0.2) is 43.0 Å². The molecule has 5 heteroatoms. The smallest absolute Gasteiger partial charge is 0.341 e. The van der Waals surface area contributed by atoms with Gasteiger partial charge in [-0.1, -0.05) is 12.1 Å². The number of carbonyl (C=O) groups is 1. The lowest BCUT2D eigenvalue weighted by Crippen LogP contribution is -2.10. The number of hydrogen-bond donors (Lipinski definition) is 1. The van der Waals surface area contributed by atoms with Crippen LogP contribution in [0.25, 0.3) is 5.69 Å². The van der Waals surface area contributed by atoms with E-state index < -0.39 is 5.97 Å². The number of hydrogen-bond acceptors (Lipinski definition) is 3. The van der Waals surface area contributed by atoms with E-state index in [1.807, 2.05) is 12.1 Å². The van der Waals surface area contributed by atoms with Crippen molar-refractivity contribution in [1.82, 2.24) is 9.55 Å². The lowest BCUT2D eigenvalue weighted by atomic mass is 10.3. The van der Waals surface area contributed by atoms with E-state index >= 15 is 0 Å². The third kappa shape index (κ3) is 2.20. The molecule has 0 radical (unpaired) electrons. The Balaban J connectivity index is 2.27. The van der Waals surface area contributed by atoms with Crippen LogP contribution in [-0.4, -0.2) is 27.2 Å². The molecule has 0 aliphatic carbocycles. The average Bonchev–Trinajstić information content (AvgIpc) is 2.80. The summed E-state index contributed by atoms with van der Waals surface area (Å²) in [6, 6.07) is 7.19. The highest BCUT2D eigenvalue weighted by atomic mass is 16.5. The molecule has 0 spiro atoms. The molecule has 5 nitrogen and oxygen atoms in total. The van der Waals surface area contributed by atoms with Crippen molar-refractivity contribution in [3.05, 3.63) is 43.0 Å². The Kier molecular flexibility index (Phi) is 2.86. The van der Waals surface area contributed by atoms with Crippen LogP contribution in [0.4, 0.5) is 0 Å². The van der Waals surface area contributed by atoms with Crippen molar-refractivity contribution >= 4 is 5.97 Å². The molecule has 2 aromatic rings. The molecule has 0 saturated heterocycles. The Bertz CT molecular complexity index is 480. The summed E-state index contributed by atoms with van der Waals surface area (Å²) in [5.41, 5.74) is 0.765. The Morgan fingerprint density at radius 2 is 2.25 bits per heavy atom. The van der Waals surface area contributed by atoms with E-state index in [4.69, 9.17) is 9.84 Å². The van der Waals surface area contributed by atoms with Gasteiger partial charge in [-0.25, -0.2) is 9.78 Å². The van der Waals surface area contributed by atoms with Gasteiger partial charge < -0.3 is 14.4 Å². The zero-order valence-corrected chi connectivity index (χ0v) is 8.41. The predicted molar refractivity (Wildman–Crippen MR) is 56.7 cm³/mol. The zero-order valence-electron chi connectivity index (χ0n) is 8.41. The third-order valence-corrected chi connectivity index (χ3v) is 2.00. The SMILES string of the molecule is O=C(O)COc1ccccc1-n1ccnc1. The van der Waals surface area contributed by atoms with Crippen molar-refractivity contribution in [1.29, 1.82) is 0 Å². The lowest BCUT2D eigenvalue weighted by molar-refractivity contribution is -0.139. The maximum absolute atomic E-state index is 10.4. The van der Waals surface area contributed by atoms with Crippen molar-refractivity contribution in [2.45, 2.75) is 0 Å². The van der Waals surface area contributed by atoms with Gasteiger partial charge >= 0.3 is 5.97 Å². The van der Waals surface area contributed by atoms with E-state index in [1.165, 1.54) is 0 Å². The van der Waals surface area contributed by atoms with Crippen molar-refractivity contribution in [3.8, 4) is 11.4 Å². The average molecular weight is 218 g/mol. The topological polar surface area (TPSA) is 64.3 Å². The van der Waals surface area contributed by atoms with Gasteiger partial charge in [-0.3, -0.25) is 0 Å². The van der Waals surface area contributed by atoms with Gasteiger partial charge in [-0.05, 0) is 12.1 Å². The molecule has 1 heterocycles. The van der Waals surface area contributed by atoms with Crippen LogP contribution in [-0.2, 0) is 4.79 Å². The monoisotopic (exact) mass is 218 g/mol. The first-order valence-corrected chi connectivity index (χ1v) is 4.69. The standard InChI is InChI=1S/C11H10N2O3/c14-11(15)7-16-10-4-2-1-3-9(10)13-6-5-12-8-13/h1-6,8H,7H2,(H,14,15). The van der Waals surface area contributed by atoms with E-state index in [0.717, 1.165) is 5.69 Å². The number of rotatable bonds is 4. The third-order valence-electron chi connectivity index (χ3n) is 2.00.